The van der Waals surface area contributed by atoms with Gasteiger partial charge in [0, 0.05) is 50.6 Å². The zero-order valence-electron chi connectivity index (χ0n) is 14.7. The molecular formula is C17H35N3S. The van der Waals surface area contributed by atoms with Crippen molar-refractivity contribution in [1.29, 1.82) is 0 Å². The lowest BCUT2D eigenvalue weighted by Crippen LogP contribution is -2.56. The SMILES string of the molecule is CC(C)C(CNC1CSCCC1(C)C)N1CCN(C)CC1. The molecule has 2 aliphatic heterocycles. The van der Waals surface area contributed by atoms with Crippen molar-refractivity contribution in [3.63, 3.8) is 0 Å². The van der Waals surface area contributed by atoms with Gasteiger partial charge in [-0.1, -0.05) is 27.7 Å². The van der Waals surface area contributed by atoms with E-state index < -0.39 is 0 Å². The number of likely N-dealkylation sites (N-methyl/N-ethyl adjacent to an activating group) is 1. The van der Waals surface area contributed by atoms with Crippen molar-refractivity contribution in [2.75, 3.05) is 51.3 Å². The van der Waals surface area contributed by atoms with Crippen LogP contribution in [0.25, 0.3) is 0 Å². The molecule has 0 aromatic carbocycles. The summed E-state index contributed by atoms with van der Waals surface area (Å²) in [6.07, 6.45) is 1.34. The van der Waals surface area contributed by atoms with Gasteiger partial charge in [-0.3, -0.25) is 4.90 Å². The molecule has 0 spiro atoms. The maximum absolute atomic E-state index is 3.93. The zero-order valence-corrected chi connectivity index (χ0v) is 15.5. The summed E-state index contributed by atoms with van der Waals surface area (Å²) in [7, 11) is 2.24. The predicted octanol–water partition coefficient (Wildman–Crippen LogP) is 2.38. The van der Waals surface area contributed by atoms with E-state index in [2.05, 4.69) is 61.6 Å². The van der Waals surface area contributed by atoms with Crippen LogP contribution in [0.1, 0.15) is 34.1 Å². The summed E-state index contributed by atoms with van der Waals surface area (Å²) >= 11 is 2.12. The number of hydrogen-bond donors (Lipinski definition) is 1. The normalized spacial score (nSPS) is 29.7. The Morgan fingerprint density at radius 3 is 2.43 bits per heavy atom. The number of hydrogen-bond acceptors (Lipinski definition) is 4. The molecule has 2 aliphatic rings. The molecule has 2 rings (SSSR count). The average molecular weight is 314 g/mol. The van der Waals surface area contributed by atoms with Gasteiger partial charge in [-0.15, -0.1) is 0 Å². The second kappa shape index (κ2) is 7.67. The molecule has 2 heterocycles. The van der Waals surface area contributed by atoms with E-state index in [1.807, 2.05) is 0 Å². The van der Waals surface area contributed by atoms with E-state index in [-0.39, 0.29) is 0 Å². The molecule has 21 heavy (non-hydrogen) atoms. The van der Waals surface area contributed by atoms with Crippen LogP contribution >= 0.6 is 11.8 Å². The Kier molecular flexibility index (Phi) is 6.42. The summed E-state index contributed by atoms with van der Waals surface area (Å²) in [5, 5.41) is 3.93. The first kappa shape index (κ1) is 17.6. The quantitative estimate of drug-likeness (QED) is 0.839. The van der Waals surface area contributed by atoms with Crippen LogP contribution in [0.15, 0.2) is 0 Å². The van der Waals surface area contributed by atoms with Crippen LogP contribution < -0.4 is 5.32 Å². The third kappa shape index (κ3) is 4.85. The van der Waals surface area contributed by atoms with Gasteiger partial charge in [0.05, 0.1) is 0 Å². The van der Waals surface area contributed by atoms with Gasteiger partial charge in [0.15, 0.2) is 0 Å². The molecule has 0 radical (unpaired) electrons. The highest BCUT2D eigenvalue weighted by molar-refractivity contribution is 7.99. The van der Waals surface area contributed by atoms with Gasteiger partial charge in [0.2, 0.25) is 0 Å². The van der Waals surface area contributed by atoms with Gasteiger partial charge in [0.25, 0.3) is 0 Å². The van der Waals surface area contributed by atoms with Crippen molar-refractivity contribution in [1.82, 2.24) is 15.1 Å². The van der Waals surface area contributed by atoms with Crippen LogP contribution in [0.5, 0.6) is 0 Å². The van der Waals surface area contributed by atoms with Crippen molar-refractivity contribution in [3.8, 4) is 0 Å². The fourth-order valence-electron chi connectivity index (χ4n) is 3.47. The minimum atomic E-state index is 0.453. The standard InChI is InChI=1S/C17H35N3S/c1-14(2)15(20-9-7-19(5)8-10-20)12-18-16-13-21-11-6-17(16,3)4/h14-16,18H,6-13H2,1-5H3. The van der Waals surface area contributed by atoms with Crippen molar-refractivity contribution < 1.29 is 0 Å². The third-order valence-electron chi connectivity index (χ3n) is 5.47. The number of nitrogens with zero attached hydrogens (tertiary/aromatic N) is 2. The van der Waals surface area contributed by atoms with Crippen molar-refractivity contribution in [3.05, 3.63) is 0 Å². The van der Waals surface area contributed by atoms with Crippen molar-refractivity contribution >= 4 is 11.8 Å². The van der Waals surface area contributed by atoms with Gasteiger partial charge in [-0.25, -0.2) is 0 Å². The second-order valence-corrected chi connectivity index (χ2v) is 9.07. The number of rotatable bonds is 5. The molecule has 2 saturated heterocycles. The lowest BCUT2D eigenvalue weighted by molar-refractivity contribution is 0.0824. The smallest absolute Gasteiger partial charge is 0.0244 e. The minimum Gasteiger partial charge on any atom is -0.311 e. The highest BCUT2D eigenvalue weighted by Gasteiger charge is 2.33. The molecule has 1 N–H and O–H groups in total. The van der Waals surface area contributed by atoms with Crippen molar-refractivity contribution in [2.24, 2.45) is 11.3 Å². The Labute approximate surface area is 136 Å². The Morgan fingerprint density at radius 2 is 1.86 bits per heavy atom. The number of thioether (sulfide) groups is 1. The third-order valence-corrected chi connectivity index (χ3v) is 6.53. The summed E-state index contributed by atoms with van der Waals surface area (Å²) in [6.45, 7) is 15.7. The molecule has 2 unspecified atom stereocenters. The summed E-state index contributed by atoms with van der Waals surface area (Å²) in [5.74, 6) is 3.33. The predicted molar refractivity (Wildman–Crippen MR) is 95.2 cm³/mol. The minimum absolute atomic E-state index is 0.453. The molecule has 0 amide bonds. The first-order valence-electron chi connectivity index (χ1n) is 8.64. The Hall–Kier alpha value is 0.230. The van der Waals surface area contributed by atoms with Gasteiger partial charge in [0.1, 0.15) is 0 Å². The fourth-order valence-corrected chi connectivity index (χ4v) is 5.12. The van der Waals surface area contributed by atoms with Crippen molar-refractivity contribution in [2.45, 2.75) is 46.2 Å². The van der Waals surface area contributed by atoms with E-state index in [9.17, 15) is 0 Å². The molecule has 0 saturated carbocycles. The van der Waals surface area contributed by atoms with E-state index in [1.165, 1.54) is 44.1 Å². The van der Waals surface area contributed by atoms with Gasteiger partial charge in [-0.2, -0.15) is 11.8 Å². The highest BCUT2D eigenvalue weighted by atomic mass is 32.2. The van der Waals surface area contributed by atoms with E-state index in [0.717, 1.165) is 12.5 Å². The van der Waals surface area contributed by atoms with Crippen LogP contribution in [0, 0.1) is 11.3 Å². The molecule has 3 nitrogen and oxygen atoms in total. The van der Waals surface area contributed by atoms with E-state index >= 15 is 0 Å². The molecular weight excluding hydrogens is 278 g/mol. The molecule has 2 atom stereocenters. The van der Waals surface area contributed by atoms with Crippen LogP contribution in [0.4, 0.5) is 0 Å². The molecule has 0 bridgehead atoms. The molecule has 124 valence electrons. The van der Waals surface area contributed by atoms with Crippen LogP contribution in [-0.2, 0) is 0 Å². The molecule has 4 heteroatoms. The first-order chi connectivity index (χ1) is 9.90. The summed E-state index contributed by atoms with van der Waals surface area (Å²) in [5.41, 5.74) is 0.453. The Morgan fingerprint density at radius 1 is 1.19 bits per heavy atom. The molecule has 0 aromatic heterocycles. The molecule has 0 aliphatic carbocycles. The largest absolute Gasteiger partial charge is 0.311 e. The van der Waals surface area contributed by atoms with E-state index in [1.54, 1.807) is 0 Å². The average Bonchev–Trinajstić information content (AvgIpc) is 2.42. The lowest BCUT2D eigenvalue weighted by Gasteiger charge is -2.43. The van der Waals surface area contributed by atoms with E-state index in [4.69, 9.17) is 0 Å². The highest BCUT2D eigenvalue weighted by Crippen LogP contribution is 2.34. The Balaban J connectivity index is 1.88. The van der Waals surface area contributed by atoms with Crippen LogP contribution in [-0.4, -0.2) is 73.2 Å². The fraction of sp³-hybridized carbons (Fsp3) is 1.00. The topological polar surface area (TPSA) is 18.5 Å². The molecule has 0 aromatic rings. The van der Waals surface area contributed by atoms with Crippen LogP contribution in [0.2, 0.25) is 0 Å². The number of piperazine rings is 1. The summed E-state index contributed by atoms with van der Waals surface area (Å²) < 4.78 is 0. The van der Waals surface area contributed by atoms with Gasteiger partial charge in [-0.05, 0) is 30.6 Å². The monoisotopic (exact) mass is 313 g/mol. The number of nitrogens with one attached hydrogen (secondary N) is 1. The second-order valence-electron chi connectivity index (χ2n) is 7.92. The summed E-state index contributed by atoms with van der Waals surface area (Å²) in [4.78, 5) is 5.16. The van der Waals surface area contributed by atoms with Gasteiger partial charge >= 0.3 is 0 Å². The maximum atomic E-state index is 3.93. The van der Waals surface area contributed by atoms with Crippen LogP contribution in [0.3, 0.4) is 0 Å². The van der Waals surface area contributed by atoms with Gasteiger partial charge < -0.3 is 10.2 Å². The molecule has 2 fully saturated rings. The Bertz CT molecular complexity index is 311. The maximum Gasteiger partial charge on any atom is 0.0244 e. The first-order valence-corrected chi connectivity index (χ1v) is 9.79. The van der Waals surface area contributed by atoms with E-state index in [0.29, 0.717) is 17.5 Å². The zero-order chi connectivity index (χ0) is 15.5. The lowest BCUT2D eigenvalue weighted by atomic mass is 9.82. The summed E-state index contributed by atoms with van der Waals surface area (Å²) in [6, 6.07) is 1.35.